The van der Waals surface area contributed by atoms with Crippen molar-refractivity contribution in [2.45, 2.75) is 31.8 Å². The molecule has 0 bridgehead atoms. The predicted molar refractivity (Wildman–Crippen MR) is 100 cm³/mol. The van der Waals surface area contributed by atoms with Crippen LogP contribution in [-0.2, 0) is 12.8 Å². The minimum absolute atomic E-state index is 0.137. The number of nitrogens with zero attached hydrogens (tertiary/aromatic N) is 1. The molecule has 5 nitrogen and oxygen atoms in total. The molecule has 0 saturated carbocycles. The lowest BCUT2D eigenvalue weighted by atomic mass is 9.96. The minimum Gasteiger partial charge on any atom is -0.387 e. The van der Waals surface area contributed by atoms with Crippen LogP contribution < -0.4 is 5.32 Å². The Morgan fingerprint density at radius 3 is 2.77 bits per heavy atom. The molecule has 1 atom stereocenters. The quantitative estimate of drug-likeness (QED) is 0.719. The highest BCUT2D eigenvalue weighted by Gasteiger charge is 2.24. The minimum atomic E-state index is -0.766. The molecule has 2 N–H and O–H groups in total. The number of thiophene rings is 1. The van der Waals surface area contributed by atoms with Crippen LogP contribution in [0.1, 0.15) is 46.3 Å². The van der Waals surface area contributed by atoms with Crippen LogP contribution in [0.5, 0.6) is 0 Å². The number of hydrogen-bond acceptors (Lipinski definition) is 5. The fraction of sp³-hybridized carbons (Fsp3) is 0.300. The van der Waals surface area contributed by atoms with Crippen LogP contribution in [0.15, 0.2) is 45.6 Å². The summed E-state index contributed by atoms with van der Waals surface area (Å²) in [6.07, 6.45) is 3.03. The van der Waals surface area contributed by atoms with Crippen LogP contribution in [0.2, 0.25) is 0 Å². The molecule has 0 radical (unpaired) electrons. The Kier molecular flexibility index (Phi) is 4.86. The van der Waals surface area contributed by atoms with Crippen molar-refractivity contribution < 1.29 is 14.4 Å². The van der Waals surface area contributed by atoms with Crippen molar-refractivity contribution in [1.82, 2.24) is 10.5 Å². The summed E-state index contributed by atoms with van der Waals surface area (Å²) in [6, 6.07) is 9.81. The van der Waals surface area contributed by atoms with E-state index in [4.69, 9.17) is 4.52 Å². The first-order chi connectivity index (χ1) is 12.7. The van der Waals surface area contributed by atoms with E-state index in [-0.39, 0.29) is 12.5 Å². The maximum Gasteiger partial charge on any atom is 0.273 e. The molecular formula is C20H20N2O3S. The maximum atomic E-state index is 12.4. The van der Waals surface area contributed by atoms with Crippen molar-refractivity contribution in [3.8, 4) is 11.1 Å². The van der Waals surface area contributed by atoms with Crippen molar-refractivity contribution >= 4 is 17.2 Å². The van der Waals surface area contributed by atoms with E-state index in [2.05, 4.69) is 21.9 Å². The average Bonchev–Trinajstić information content (AvgIpc) is 3.36. The largest absolute Gasteiger partial charge is 0.387 e. The normalized spacial score (nSPS) is 14.7. The lowest BCUT2D eigenvalue weighted by Crippen LogP contribution is -2.29. The van der Waals surface area contributed by atoms with Gasteiger partial charge in [-0.1, -0.05) is 29.4 Å². The van der Waals surface area contributed by atoms with Gasteiger partial charge in [0, 0.05) is 18.5 Å². The SMILES string of the molecule is O=C(NCC(O)c1ccc(-c2ccsc2)cc1)c1noc2c1CCCC2. The van der Waals surface area contributed by atoms with Crippen molar-refractivity contribution in [1.29, 1.82) is 0 Å². The molecule has 3 aromatic rings. The summed E-state index contributed by atoms with van der Waals surface area (Å²) in [6.45, 7) is 0.137. The molecule has 4 rings (SSSR count). The van der Waals surface area contributed by atoms with Gasteiger partial charge in [0.1, 0.15) is 5.76 Å². The second-order valence-electron chi connectivity index (χ2n) is 6.50. The number of amides is 1. The van der Waals surface area contributed by atoms with E-state index in [0.29, 0.717) is 5.69 Å². The molecule has 1 aliphatic rings. The number of carbonyl (C=O) groups is 1. The molecule has 1 unspecified atom stereocenters. The summed E-state index contributed by atoms with van der Waals surface area (Å²) >= 11 is 1.65. The van der Waals surface area contributed by atoms with E-state index >= 15 is 0 Å². The van der Waals surface area contributed by atoms with E-state index in [9.17, 15) is 9.90 Å². The van der Waals surface area contributed by atoms with Crippen molar-refractivity contribution in [3.63, 3.8) is 0 Å². The highest BCUT2D eigenvalue weighted by molar-refractivity contribution is 7.08. The van der Waals surface area contributed by atoms with Gasteiger partial charge in [-0.3, -0.25) is 4.79 Å². The molecule has 2 aromatic heterocycles. The number of aliphatic hydroxyl groups is 1. The Labute approximate surface area is 155 Å². The summed E-state index contributed by atoms with van der Waals surface area (Å²) in [5.74, 6) is 0.539. The monoisotopic (exact) mass is 368 g/mol. The third-order valence-corrected chi connectivity index (χ3v) is 5.45. The predicted octanol–water partition coefficient (Wildman–Crippen LogP) is 3.75. The average molecular weight is 368 g/mol. The fourth-order valence-corrected chi connectivity index (χ4v) is 3.95. The summed E-state index contributed by atoms with van der Waals surface area (Å²) in [5, 5.41) is 21.2. The van der Waals surface area contributed by atoms with Crippen molar-refractivity contribution in [2.75, 3.05) is 6.54 Å². The van der Waals surface area contributed by atoms with E-state index in [1.165, 1.54) is 5.56 Å². The molecule has 1 aromatic carbocycles. The number of rotatable bonds is 5. The molecule has 0 fully saturated rings. The molecule has 1 aliphatic carbocycles. The summed E-state index contributed by atoms with van der Waals surface area (Å²) in [7, 11) is 0. The first kappa shape index (κ1) is 17.0. The molecular weight excluding hydrogens is 348 g/mol. The van der Waals surface area contributed by atoms with Gasteiger partial charge in [0.05, 0.1) is 6.10 Å². The summed E-state index contributed by atoms with van der Waals surface area (Å²) in [4.78, 5) is 12.4. The lowest BCUT2D eigenvalue weighted by Gasteiger charge is -2.13. The van der Waals surface area contributed by atoms with E-state index in [1.807, 2.05) is 29.6 Å². The van der Waals surface area contributed by atoms with Gasteiger partial charge in [0.15, 0.2) is 5.69 Å². The molecule has 0 aliphatic heterocycles. The van der Waals surface area contributed by atoms with Gasteiger partial charge >= 0.3 is 0 Å². The molecule has 2 heterocycles. The number of benzene rings is 1. The van der Waals surface area contributed by atoms with Gasteiger partial charge in [-0.25, -0.2) is 0 Å². The number of aliphatic hydroxyl groups excluding tert-OH is 1. The Hall–Kier alpha value is -2.44. The Morgan fingerprint density at radius 1 is 1.19 bits per heavy atom. The first-order valence-electron chi connectivity index (χ1n) is 8.78. The lowest BCUT2D eigenvalue weighted by molar-refractivity contribution is 0.0906. The number of aromatic nitrogens is 1. The highest BCUT2D eigenvalue weighted by Crippen LogP contribution is 2.25. The molecule has 1 amide bonds. The standard InChI is InChI=1S/C20H20N2O3S/c23-17(14-7-5-13(6-8-14)15-9-10-26-12-15)11-21-20(24)19-16-3-1-2-4-18(16)25-22-19/h5-10,12,17,23H,1-4,11H2,(H,21,24). The Balaban J connectivity index is 1.38. The maximum absolute atomic E-state index is 12.4. The van der Waals surface area contributed by atoms with E-state index in [0.717, 1.165) is 48.1 Å². The van der Waals surface area contributed by atoms with Gasteiger partial charge in [-0.05, 0) is 52.8 Å². The van der Waals surface area contributed by atoms with Crippen LogP contribution >= 0.6 is 11.3 Å². The van der Waals surface area contributed by atoms with Crippen LogP contribution in [-0.4, -0.2) is 22.7 Å². The highest BCUT2D eigenvalue weighted by atomic mass is 32.1. The number of fused-ring (bicyclic) bond motifs is 1. The van der Waals surface area contributed by atoms with Crippen LogP contribution in [0, 0.1) is 0 Å². The summed E-state index contributed by atoms with van der Waals surface area (Å²) in [5.41, 5.74) is 4.33. The zero-order chi connectivity index (χ0) is 17.9. The van der Waals surface area contributed by atoms with Gasteiger partial charge in [0.2, 0.25) is 0 Å². The molecule has 26 heavy (non-hydrogen) atoms. The Bertz CT molecular complexity index is 884. The second-order valence-corrected chi connectivity index (χ2v) is 7.28. The molecule has 0 saturated heterocycles. The smallest absolute Gasteiger partial charge is 0.273 e. The molecule has 6 heteroatoms. The summed E-state index contributed by atoms with van der Waals surface area (Å²) < 4.78 is 5.28. The Morgan fingerprint density at radius 2 is 2.00 bits per heavy atom. The fourth-order valence-electron chi connectivity index (χ4n) is 3.28. The number of aryl methyl sites for hydroxylation is 1. The second kappa shape index (κ2) is 7.43. The zero-order valence-electron chi connectivity index (χ0n) is 14.3. The van der Waals surface area contributed by atoms with Gasteiger partial charge < -0.3 is 14.9 Å². The van der Waals surface area contributed by atoms with Gasteiger partial charge in [-0.2, -0.15) is 11.3 Å². The van der Waals surface area contributed by atoms with Crippen LogP contribution in [0.25, 0.3) is 11.1 Å². The zero-order valence-corrected chi connectivity index (χ0v) is 15.1. The van der Waals surface area contributed by atoms with E-state index < -0.39 is 6.10 Å². The van der Waals surface area contributed by atoms with Gasteiger partial charge in [-0.15, -0.1) is 0 Å². The number of carbonyl (C=O) groups excluding carboxylic acids is 1. The number of nitrogens with one attached hydrogen (secondary N) is 1. The molecule has 0 spiro atoms. The topological polar surface area (TPSA) is 75.4 Å². The molecule has 134 valence electrons. The van der Waals surface area contributed by atoms with Crippen molar-refractivity contribution in [2.24, 2.45) is 0 Å². The third kappa shape index (κ3) is 3.43. The third-order valence-electron chi connectivity index (χ3n) is 4.77. The van der Waals surface area contributed by atoms with Gasteiger partial charge in [0.25, 0.3) is 5.91 Å². The first-order valence-corrected chi connectivity index (χ1v) is 9.73. The van der Waals surface area contributed by atoms with E-state index in [1.54, 1.807) is 11.3 Å². The van der Waals surface area contributed by atoms with Crippen LogP contribution in [0.3, 0.4) is 0 Å². The number of hydrogen-bond donors (Lipinski definition) is 2. The van der Waals surface area contributed by atoms with Crippen LogP contribution in [0.4, 0.5) is 0 Å². The van der Waals surface area contributed by atoms with Crippen molar-refractivity contribution in [3.05, 3.63) is 63.7 Å².